The van der Waals surface area contributed by atoms with Gasteiger partial charge < -0.3 is 4.42 Å². The standard InChI is InChI=1S/C57H38OS/c1-57(2)49-31-29-37(32-48(49)44-24-12-22-42(56(44)57)36-14-4-3-5-15-36)47(43-23-13-26-51-55(43)45-20-8-9-25-50(45)58-51)33-39-18-11-27-52-54(39)46-30-28-38(34-53(46)59-52)41-21-10-17-35-16-6-7-19-40(35)41/h3-34H,1-2H3/b47-33-. The van der Waals surface area contributed by atoms with Crippen LogP contribution in [0.3, 0.4) is 0 Å². The van der Waals surface area contributed by atoms with Crippen molar-refractivity contribution in [1.82, 2.24) is 0 Å². The fourth-order valence-electron chi connectivity index (χ4n) is 10.0. The quantitative estimate of drug-likeness (QED) is 0.159. The smallest absolute Gasteiger partial charge is 0.136 e. The van der Waals surface area contributed by atoms with Crippen molar-refractivity contribution < 1.29 is 4.42 Å². The van der Waals surface area contributed by atoms with Crippen LogP contribution in [0.5, 0.6) is 0 Å². The second-order valence-electron chi connectivity index (χ2n) is 16.4. The fraction of sp³-hybridized carbons (Fsp3) is 0.0526. The van der Waals surface area contributed by atoms with Crippen molar-refractivity contribution in [2.24, 2.45) is 0 Å². The third-order valence-corrected chi connectivity index (χ3v) is 13.8. The predicted octanol–water partition coefficient (Wildman–Crippen LogP) is 16.3. The minimum Gasteiger partial charge on any atom is -0.456 e. The van der Waals surface area contributed by atoms with Gasteiger partial charge in [0, 0.05) is 36.4 Å². The Hall–Kier alpha value is -7.00. The first-order valence-electron chi connectivity index (χ1n) is 20.4. The lowest BCUT2D eigenvalue weighted by Gasteiger charge is -2.24. The molecule has 9 aromatic carbocycles. The van der Waals surface area contributed by atoms with E-state index in [0.717, 1.165) is 27.5 Å². The molecule has 0 bridgehead atoms. The molecule has 0 spiro atoms. The van der Waals surface area contributed by atoms with Gasteiger partial charge in [0.05, 0.1) is 0 Å². The molecule has 12 rings (SSSR count). The molecule has 0 atom stereocenters. The first kappa shape index (κ1) is 34.1. The summed E-state index contributed by atoms with van der Waals surface area (Å²) in [5.41, 5.74) is 16.8. The van der Waals surface area contributed by atoms with Crippen LogP contribution in [0.4, 0.5) is 0 Å². The highest BCUT2D eigenvalue weighted by molar-refractivity contribution is 7.25. The van der Waals surface area contributed by atoms with E-state index in [4.69, 9.17) is 4.42 Å². The molecule has 2 heteroatoms. The Morgan fingerprint density at radius 1 is 0.492 bits per heavy atom. The summed E-state index contributed by atoms with van der Waals surface area (Å²) in [6, 6.07) is 68.9. The number of hydrogen-bond donors (Lipinski definition) is 0. The van der Waals surface area contributed by atoms with Gasteiger partial charge in [0.1, 0.15) is 11.2 Å². The van der Waals surface area contributed by atoms with Gasteiger partial charge in [0.25, 0.3) is 0 Å². The molecular formula is C57H38OS. The van der Waals surface area contributed by atoms with E-state index in [1.165, 1.54) is 92.2 Å². The van der Waals surface area contributed by atoms with E-state index in [1.807, 2.05) is 11.3 Å². The molecule has 2 heterocycles. The number of thiophene rings is 1. The molecule has 1 aliphatic carbocycles. The molecule has 0 unspecified atom stereocenters. The van der Waals surface area contributed by atoms with Crippen molar-refractivity contribution in [1.29, 1.82) is 0 Å². The topological polar surface area (TPSA) is 13.1 Å². The molecule has 0 saturated carbocycles. The maximum atomic E-state index is 6.50. The Labute approximate surface area is 347 Å². The first-order valence-corrected chi connectivity index (χ1v) is 21.2. The van der Waals surface area contributed by atoms with Gasteiger partial charge in [0.2, 0.25) is 0 Å². The molecular weight excluding hydrogens is 733 g/mol. The Morgan fingerprint density at radius 2 is 1.22 bits per heavy atom. The van der Waals surface area contributed by atoms with Crippen molar-refractivity contribution in [3.8, 4) is 33.4 Å². The van der Waals surface area contributed by atoms with Crippen molar-refractivity contribution >= 4 is 75.9 Å². The van der Waals surface area contributed by atoms with E-state index in [-0.39, 0.29) is 5.41 Å². The van der Waals surface area contributed by atoms with E-state index >= 15 is 0 Å². The predicted molar refractivity (Wildman–Crippen MR) is 252 cm³/mol. The molecule has 278 valence electrons. The molecule has 0 aliphatic heterocycles. The van der Waals surface area contributed by atoms with Crippen LogP contribution in [0, 0.1) is 0 Å². The second kappa shape index (κ2) is 13.0. The summed E-state index contributed by atoms with van der Waals surface area (Å²) in [6.45, 7) is 4.76. The number of hydrogen-bond acceptors (Lipinski definition) is 2. The minimum atomic E-state index is -0.160. The summed E-state index contributed by atoms with van der Waals surface area (Å²) >= 11 is 1.88. The van der Waals surface area contributed by atoms with E-state index in [2.05, 4.69) is 208 Å². The molecule has 0 fully saturated rings. The zero-order chi connectivity index (χ0) is 39.2. The van der Waals surface area contributed by atoms with Gasteiger partial charge in [0.15, 0.2) is 0 Å². The highest BCUT2D eigenvalue weighted by Gasteiger charge is 2.38. The Kier molecular flexibility index (Phi) is 7.51. The van der Waals surface area contributed by atoms with Gasteiger partial charge in [-0.1, -0.05) is 172 Å². The highest BCUT2D eigenvalue weighted by atomic mass is 32.1. The fourth-order valence-corrected chi connectivity index (χ4v) is 11.2. The summed E-state index contributed by atoms with van der Waals surface area (Å²) in [7, 11) is 0. The third-order valence-electron chi connectivity index (χ3n) is 12.7. The Balaban J connectivity index is 1.09. The van der Waals surface area contributed by atoms with Crippen molar-refractivity contribution in [2.75, 3.05) is 0 Å². The van der Waals surface area contributed by atoms with E-state index in [1.54, 1.807) is 0 Å². The maximum absolute atomic E-state index is 6.50. The molecule has 0 amide bonds. The highest BCUT2D eigenvalue weighted by Crippen LogP contribution is 2.53. The van der Waals surface area contributed by atoms with Crippen LogP contribution in [0.1, 0.15) is 41.7 Å². The van der Waals surface area contributed by atoms with Crippen LogP contribution < -0.4 is 0 Å². The van der Waals surface area contributed by atoms with Crippen LogP contribution in [-0.4, -0.2) is 0 Å². The SMILES string of the molecule is CC1(C)c2ccc(/C(=C/c3cccc4sc5cc(-c6cccc7ccccc67)ccc5c34)c3cccc4oc5ccccc5c34)cc2-c2cccc(-c3ccccc3)c21. The normalized spacial score (nSPS) is 13.5. The third kappa shape index (κ3) is 5.23. The Bertz CT molecular complexity index is 3520. The summed E-state index contributed by atoms with van der Waals surface area (Å²) in [4.78, 5) is 0. The molecule has 1 nitrogen and oxygen atoms in total. The van der Waals surface area contributed by atoms with Crippen LogP contribution in [-0.2, 0) is 5.41 Å². The maximum Gasteiger partial charge on any atom is 0.136 e. The largest absolute Gasteiger partial charge is 0.456 e. The zero-order valence-corrected chi connectivity index (χ0v) is 33.6. The molecule has 0 radical (unpaired) electrons. The molecule has 0 N–H and O–H groups in total. The lowest BCUT2D eigenvalue weighted by Crippen LogP contribution is -2.16. The van der Waals surface area contributed by atoms with Gasteiger partial charge >= 0.3 is 0 Å². The van der Waals surface area contributed by atoms with Gasteiger partial charge in [-0.25, -0.2) is 0 Å². The lowest BCUT2D eigenvalue weighted by molar-refractivity contribution is 0.662. The van der Waals surface area contributed by atoms with Gasteiger partial charge in [-0.05, 0) is 114 Å². The summed E-state index contributed by atoms with van der Waals surface area (Å²) in [6.07, 6.45) is 2.44. The summed E-state index contributed by atoms with van der Waals surface area (Å²) in [5, 5.41) is 7.38. The first-order chi connectivity index (χ1) is 29.0. The lowest BCUT2D eigenvalue weighted by atomic mass is 9.78. The van der Waals surface area contributed by atoms with Crippen molar-refractivity contribution in [3.05, 3.63) is 216 Å². The van der Waals surface area contributed by atoms with E-state index in [0.29, 0.717) is 0 Å². The number of rotatable bonds is 5. The van der Waals surface area contributed by atoms with Crippen LogP contribution in [0.25, 0.3) is 97.9 Å². The van der Waals surface area contributed by atoms with Gasteiger partial charge in [-0.15, -0.1) is 11.3 Å². The van der Waals surface area contributed by atoms with Gasteiger partial charge in [-0.2, -0.15) is 0 Å². The number of para-hydroxylation sites is 1. The summed E-state index contributed by atoms with van der Waals surface area (Å²) < 4.78 is 9.08. The zero-order valence-electron chi connectivity index (χ0n) is 32.8. The van der Waals surface area contributed by atoms with Crippen LogP contribution in [0.2, 0.25) is 0 Å². The molecule has 0 saturated heterocycles. The van der Waals surface area contributed by atoms with Crippen LogP contribution >= 0.6 is 11.3 Å². The Morgan fingerprint density at radius 3 is 2.14 bits per heavy atom. The van der Waals surface area contributed by atoms with E-state index < -0.39 is 0 Å². The average Bonchev–Trinajstić information content (AvgIpc) is 3.93. The van der Waals surface area contributed by atoms with Gasteiger partial charge in [-0.3, -0.25) is 0 Å². The minimum absolute atomic E-state index is 0.160. The molecule has 1 aliphatic rings. The number of benzene rings is 9. The van der Waals surface area contributed by atoms with Crippen LogP contribution in [0.15, 0.2) is 192 Å². The monoisotopic (exact) mass is 770 g/mol. The molecule has 2 aromatic heterocycles. The summed E-state index contributed by atoms with van der Waals surface area (Å²) in [5.74, 6) is 0. The molecule has 11 aromatic rings. The number of fused-ring (bicyclic) bond motifs is 10. The average molecular weight is 771 g/mol. The number of furan rings is 1. The van der Waals surface area contributed by atoms with Crippen molar-refractivity contribution in [3.63, 3.8) is 0 Å². The van der Waals surface area contributed by atoms with Crippen molar-refractivity contribution in [2.45, 2.75) is 19.3 Å². The second-order valence-corrected chi connectivity index (χ2v) is 17.5. The van der Waals surface area contributed by atoms with E-state index in [9.17, 15) is 0 Å². The molecule has 59 heavy (non-hydrogen) atoms.